The van der Waals surface area contributed by atoms with Gasteiger partial charge in [-0.15, -0.1) is 0 Å². The van der Waals surface area contributed by atoms with Crippen molar-refractivity contribution >= 4 is 33.7 Å². The molecule has 1 aromatic heterocycles. The summed E-state index contributed by atoms with van der Waals surface area (Å²) in [6.07, 6.45) is 0. The fourth-order valence-electron chi connectivity index (χ4n) is 3.34. The molecule has 1 amide bonds. The highest BCUT2D eigenvalue weighted by molar-refractivity contribution is 6.06. The highest BCUT2D eigenvalue weighted by Gasteiger charge is 2.09. The van der Waals surface area contributed by atoms with Gasteiger partial charge in [-0.25, -0.2) is 9.97 Å². The van der Waals surface area contributed by atoms with Crippen molar-refractivity contribution in [3.8, 4) is 5.75 Å². The van der Waals surface area contributed by atoms with E-state index in [0.717, 1.165) is 27.9 Å². The van der Waals surface area contributed by atoms with Gasteiger partial charge in [-0.1, -0.05) is 42.5 Å². The Balaban J connectivity index is 1.29. The lowest BCUT2D eigenvalue weighted by molar-refractivity contribution is 0.102. The minimum absolute atomic E-state index is 0.199. The van der Waals surface area contributed by atoms with Crippen LogP contribution in [-0.4, -0.2) is 15.9 Å². The Morgan fingerprint density at radius 1 is 0.710 bits per heavy atom. The van der Waals surface area contributed by atoms with Gasteiger partial charge in [0.25, 0.3) is 5.91 Å². The van der Waals surface area contributed by atoms with Crippen molar-refractivity contribution in [1.82, 2.24) is 9.97 Å². The fraction of sp³-hybridized carbons (Fsp3) is 0.0385. The summed E-state index contributed by atoms with van der Waals surface area (Å²) in [6, 6.07) is 30.4. The average molecular weight is 405 g/mol. The number of rotatable bonds is 5. The van der Waals surface area contributed by atoms with Gasteiger partial charge in [0.15, 0.2) is 0 Å². The quantitative estimate of drug-likeness (QED) is 0.386. The van der Waals surface area contributed by atoms with E-state index in [2.05, 4.69) is 15.3 Å². The number of anilines is 1. The van der Waals surface area contributed by atoms with Gasteiger partial charge in [-0.05, 0) is 60.2 Å². The molecule has 5 heteroatoms. The molecule has 5 aromatic rings. The van der Waals surface area contributed by atoms with Crippen molar-refractivity contribution in [1.29, 1.82) is 0 Å². The lowest BCUT2D eigenvalue weighted by Crippen LogP contribution is -2.11. The Kier molecular flexibility index (Phi) is 4.99. The van der Waals surface area contributed by atoms with Crippen LogP contribution in [0.15, 0.2) is 97.1 Å². The number of nitrogens with one attached hydrogen (secondary N) is 1. The first-order valence-electron chi connectivity index (χ1n) is 9.99. The molecule has 0 spiro atoms. The van der Waals surface area contributed by atoms with Crippen LogP contribution in [0.5, 0.6) is 5.75 Å². The van der Waals surface area contributed by atoms with Gasteiger partial charge in [-0.2, -0.15) is 0 Å². The van der Waals surface area contributed by atoms with Gasteiger partial charge in [0.05, 0.1) is 22.1 Å². The second-order valence-corrected chi connectivity index (χ2v) is 7.17. The minimum Gasteiger partial charge on any atom is -0.489 e. The number of ether oxygens (including phenoxy) is 1. The molecule has 0 bridgehead atoms. The largest absolute Gasteiger partial charge is 0.489 e. The maximum Gasteiger partial charge on any atom is 0.255 e. The maximum atomic E-state index is 12.7. The van der Waals surface area contributed by atoms with Crippen molar-refractivity contribution in [3.05, 3.63) is 108 Å². The number of benzene rings is 4. The molecule has 0 aliphatic heterocycles. The standard InChI is InChI=1S/C26H19N3O2/c30-26(19-10-15-24-25(16-19)29-23-9-5-4-8-22(23)28-24)27-20-11-13-21(14-12-20)31-17-18-6-2-1-3-7-18/h1-16H,17H2,(H,27,30). The molecule has 0 saturated heterocycles. The molecule has 5 nitrogen and oxygen atoms in total. The van der Waals surface area contributed by atoms with Crippen LogP contribution in [0.25, 0.3) is 22.1 Å². The molecule has 1 N–H and O–H groups in total. The van der Waals surface area contributed by atoms with E-state index in [-0.39, 0.29) is 5.91 Å². The van der Waals surface area contributed by atoms with E-state index < -0.39 is 0 Å². The lowest BCUT2D eigenvalue weighted by atomic mass is 10.1. The number of carbonyl (C=O) groups excluding carboxylic acids is 1. The van der Waals surface area contributed by atoms with Crippen LogP contribution in [0.1, 0.15) is 15.9 Å². The summed E-state index contributed by atoms with van der Waals surface area (Å²) in [6.45, 7) is 0.499. The Morgan fingerprint density at radius 3 is 2.10 bits per heavy atom. The van der Waals surface area contributed by atoms with Crippen LogP contribution in [0.2, 0.25) is 0 Å². The first-order valence-corrected chi connectivity index (χ1v) is 9.99. The number of hydrogen-bond donors (Lipinski definition) is 1. The van der Waals surface area contributed by atoms with Crippen molar-refractivity contribution in [3.63, 3.8) is 0 Å². The first-order chi connectivity index (χ1) is 15.2. The third-order valence-corrected chi connectivity index (χ3v) is 4.96. The number of fused-ring (bicyclic) bond motifs is 2. The van der Waals surface area contributed by atoms with Crippen LogP contribution in [0, 0.1) is 0 Å². The highest BCUT2D eigenvalue weighted by atomic mass is 16.5. The molecule has 5 rings (SSSR count). The zero-order chi connectivity index (χ0) is 21.0. The Bertz CT molecular complexity index is 1370. The monoisotopic (exact) mass is 405 g/mol. The molecule has 0 unspecified atom stereocenters. The summed E-state index contributed by atoms with van der Waals surface area (Å²) >= 11 is 0. The van der Waals surface area contributed by atoms with Crippen LogP contribution in [0.4, 0.5) is 5.69 Å². The smallest absolute Gasteiger partial charge is 0.255 e. The van der Waals surface area contributed by atoms with Crippen LogP contribution in [-0.2, 0) is 6.61 Å². The number of carbonyl (C=O) groups is 1. The third kappa shape index (κ3) is 4.21. The zero-order valence-corrected chi connectivity index (χ0v) is 16.7. The Hall–Kier alpha value is -4.25. The topological polar surface area (TPSA) is 64.1 Å². The molecule has 31 heavy (non-hydrogen) atoms. The molecule has 0 saturated carbocycles. The molecular formula is C26H19N3O2. The minimum atomic E-state index is -0.199. The molecule has 150 valence electrons. The van der Waals surface area contributed by atoms with Gasteiger partial charge in [-0.3, -0.25) is 4.79 Å². The van der Waals surface area contributed by atoms with E-state index in [1.54, 1.807) is 12.1 Å². The number of nitrogens with zero attached hydrogens (tertiary/aromatic N) is 2. The summed E-state index contributed by atoms with van der Waals surface area (Å²) < 4.78 is 5.79. The molecular weight excluding hydrogens is 386 g/mol. The zero-order valence-electron chi connectivity index (χ0n) is 16.7. The Morgan fingerprint density at radius 2 is 1.35 bits per heavy atom. The predicted molar refractivity (Wildman–Crippen MR) is 122 cm³/mol. The van der Waals surface area contributed by atoms with Crippen molar-refractivity contribution < 1.29 is 9.53 Å². The highest BCUT2D eigenvalue weighted by Crippen LogP contribution is 2.20. The molecule has 0 radical (unpaired) electrons. The van der Waals surface area contributed by atoms with E-state index in [4.69, 9.17) is 4.74 Å². The van der Waals surface area contributed by atoms with E-state index in [1.165, 1.54) is 0 Å². The summed E-state index contributed by atoms with van der Waals surface area (Å²) in [4.78, 5) is 22.0. The third-order valence-electron chi connectivity index (χ3n) is 4.96. The number of para-hydroxylation sites is 2. The van der Waals surface area contributed by atoms with Crippen molar-refractivity contribution in [2.75, 3.05) is 5.32 Å². The van der Waals surface area contributed by atoms with E-state index in [1.807, 2.05) is 84.9 Å². The molecule has 0 aliphatic carbocycles. The fourth-order valence-corrected chi connectivity index (χ4v) is 3.34. The second kappa shape index (κ2) is 8.24. The summed E-state index contributed by atoms with van der Waals surface area (Å²) in [5.41, 5.74) is 5.42. The van der Waals surface area contributed by atoms with Gasteiger partial charge in [0.1, 0.15) is 12.4 Å². The second-order valence-electron chi connectivity index (χ2n) is 7.17. The van der Waals surface area contributed by atoms with E-state index in [9.17, 15) is 4.79 Å². The van der Waals surface area contributed by atoms with Crippen LogP contribution in [0.3, 0.4) is 0 Å². The number of aromatic nitrogens is 2. The summed E-state index contributed by atoms with van der Waals surface area (Å²) in [5, 5.41) is 2.92. The molecule has 0 fully saturated rings. The molecule has 0 aliphatic rings. The lowest BCUT2D eigenvalue weighted by Gasteiger charge is -2.09. The van der Waals surface area contributed by atoms with Gasteiger partial charge in [0.2, 0.25) is 0 Å². The normalized spacial score (nSPS) is 10.8. The summed E-state index contributed by atoms with van der Waals surface area (Å²) in [7, 11) is 0. The predicted octanol–water partition coefficient (Wildman–Crippen LogP) is 5.61. The van der Waals surface area contributed by atoms with Crippen LogP contribution < -0.4 is 10.1 Å². The molecule has 0 atom stereocenters. The first kappa shape index (κ1) is 18.8. The maximum absolute atomic E-state index is 12.7. The van der Waals surface area contributed by atoms with Gasteiger partial charge < -0.3 is 10.1 Å². The van der Waals surface area contributed by atoms with Crippen molar-refractivity contribution in [2.45, 2.75) is 6.61 Å². The molecule has 1 heterocycles. The molecule has 4 aromatic carbocycles. The average Bonchev–Trinajstić information content (AvgIpc) is 2.82. The number of amides is 1. The summed E-state index contributed by atoms with van der Waals surface area (Å²) in [5.74, 6) is 0.546. The Labute approximate surface area is 179 Å². The van der Waals surface area contributed by atoms with Gasteiger partial charge in [0, 0.05) is 11.3 Å². The van der Waals surface area contributed by atoms with E-state index >= 15 is 0 Å². The van der Waals surface area contributed by atoms with Crippen LogP contribution >= 0.6 is 0 Å². The van der Waals surface area contributed by atoms with Crippen molar-refractivity contribution in [2.24, 2.45) is 0 Å². The van der Waals surface area contributed by atoms with Gasteiger partial charge >= 0.3 is 0 Å². The van der Waals surface area contributed by atoms with E-state index in [0.29, 0.717) is 23.4 Å². The SMILES string of the molecule is O=C(Nc1ccc(OCc2ccccc2)cc1)c1ccc2nc3ccccc3nc2c1. The number of hydrogen-bond acceptors (Lipinski definition) is 4.